The Bertz CT molecular complexity index is 256. The molecule has 0 radical (unpaired) electrons. The largest absolute Gasteiger partial charge is 0.370 e. The van der Waals surface area contributed by atoms with Gasteiger partial charge in [0.25, 0.3) is 0 Å². The standard InChI is InChI=1S/C18H36N2/c1-5-6-7-9-12-15(2)16(3)19-17(4)20-18-13-10-8-11-14-18/h15-16,18-20H,4-14H2,1-3H3. The normalized spacial score (nSPS) is 19.4. The molecule has 2 unspecified atom stereocenters. The van der Waals surface area contributed by atoms with Crippen molar-refractivity contribution in [2.24, 2.45) is 5.92 Å². The van der Waals surface area contributed by atoms with Crippen molar-refractivity contribution >= 4 is 0 Å². The molecule has 0 aliphatic heterocycles. The van der Waals surface area contributed by atoms with Gasteiger partial charge in [0.05, 0.1) is 5.82 Å². The Hall–Kier alpha value is -0.660. The lowest BCUT2D eigenvalue weighted by atomic mass is 9.95. The third-order valence-corrected chi connectivity index (χ3v) is 4.75. The van der Waals surface area contributed by atoms with Crippen molar-refractivity contribution in [2.45, 2.75) is 97.1 Å². The highest BCUT2D eigenvalue weighted by Crippen LogP contribution is 2.18. The van der Waals surface area contributed by atoms with Crippen LogP contribution in [-0.4, -0.2) is 12.1 Å². The predicted molar refractivity (Wildman–Crippen MR) is 89.7 cm³/mol. The SMILES string of the molecule is C=C(NC1CCCCC1)NC(C)C(C)CCCCCC. The summed E-state index contributed by atoms with van der Waals surface area (Å²) in [6.07, 6.45) is 13.5. The van der Waals surface area contributed by atoms with Crippen LogP contribution < -0.4 is 10.6 Å². The van der Waals surface area contributed by atoms with Crippen LogP contribution in [0.25, 0.3) is 0 Å². The van der Waals surface area contributed by atoms with E-state index in [1.165, 1.54) is 64.2 Å². The van der Waals surface area contributed by atoms with Crippen molar-refractivity contribution in [1.29, 1.82) is 0 Å². The van der Waals surface area contributed by atoms with Crippen molar-refractivity contribution in [3.05, 3.63) is 12.4 Å². The second kappa shape index (κ2) is 10.1. The third kappa shape index (κ3) is 7.21. The van der Waals surface area contributed by atoms with E-state index in [2.05, 4.69) is 38.0 Å². The fraction of sp³-hybridized carbons (Fsp3) is 0.889. The molecule has 0 aromatic rings. The number of rotatable bonds is 10. The van der Waals surface area contributed by atoms with Crippen LogP contribution in [-0.2, 0) is 0 Å². The molecule has 1 rings (SSSR count). The Morgan fingerprint density at radius 1 is 1.10 bits per heavy atom. The third-order valence-electron chi connectivity index (χ3n) is 4.75. The average Bonchev–Trinajstić information content (AvgIpc) is 2.44. The van der Waals surface area contributed by atoms with Crippen LogP contribution in [0.1, 0.15) is 85.0 Å². The van der Waals surface area contributed by atoms with Crippen LogP contribution in [0.15, 0.2) is 12.4 Å². The molecule has 0 amide bonds. The summed E-state index contributed by atoms with van der Waals surface area (Å²) < 4.78 is 0. The van der Waals surface area contributed by atoms with Gasteiger partial charge >= 0.3 is 0 Å². The fourth-order valence-electron chi connectivity index (χ4n) is 3.10. The summed E-state index contributed by atoms with van der Waals surface area (Å²) in [5.41, 5.74) is 0. The Balaban J connectivity index is 2.15. The number of unbranched alkanes of at least 4 members (excludes halogenated alkanes) is 3. The molecule has 1 fully saturated rings. The molecule has 0 aromatic carbocycles. The second-order valence-electron chi connectivity index (χ2n) is 6.72. The van der Waals surface area contributed by atoms with E-state index in [-0.39, 0.29) is 0 Å². The molecule has 1 aliphatic rings. The highest BCUT2D eigenvalue weighted by molar-refractivity contribution is 4.94. The second-order valence-corrected chi connectivity index (χ2v) is 6.72. The molecule has 1 aliphatic carbocycles. The molecule has 1 saturated carbocycles. The topological polar surface area (TPSA) is 24.1 Å². The lowest BCUT2D eigenvalue weighted by Gasteiger charge is -2.29. The molecule has 118 valence electrons. The maximum Gasteiger partial charge on any atom is 0.0916 e. The molecule has 0 bridgehead atoms. The van der Waals surface area contributed by atoms with Crippen molar-refractivity contribution in [3.8, 4) is 0 Å². The van der Waals surface area contributed by atoms with Crippen LogP contribution >= 0.6 is 0 Å². The number of nitrogens with one attached hydrogen (secondary N) is 2. The molecule has 0 aromatic heterocycles. The Morgan fingerprint density at radius 3 is 2.45 bits per heavy atom. The van der Waals surface area contributed by atoms with Crippen LogP contribution in [0.4, 0.5) is 0 Å². The van der Waals surface area contributed by atoms with E-state index in [1.54, 1.807) is 0 Å². The van der Waals surface area contributed by atoms with Gasteiger partial charge in [-0.25, -0.2) is 0 Å². The van der Waals surface area contributed by atoms with Gasteiger partial charge < -0.3 is 10.6 Å². The Morgan fingerprint density at radius 2 is 1.80 bits per heavy atom. The Kier molecular flexibility index (Phi) is 8.80. The minimum atomic E-state index is 0.514. The molecule has 2 atom stereocenters. The van der Waals surface area contributed by atoms with Crippen LogP contribution in [0.2, 0.25) is 0 Å². The van der Waals surface area contributed by atoms with Gasteiger partial charge in [-0.1, -0.05) is 65.4 Å². The van der Waals surface area contributed by atoms with E-state index in [1.807, 2.05) is 0 Å². The van der Waals surface area contributed by atoms with Crippen molar-refractivity contribution in [1.82, 2.24) is 10.6 Å². The monoisotopic (exact) mass is 280 g/mol. The van der Waals surface area contributed by atoms with Crippen molar-refractivity contribution < 1.29 is 0 Å². The summed E-state index contributed by atoms with van der Waals surface area (Å²) in [7, 11) is 0. The van der Waals surface area contributed by atoms with Gasteiger partial charge in [-0.3, -0.25) is 0 Å². The zero-order valence-electron chi connectivity index (χ0n) is 14.0. The first-order valence-electron chi connectivity index (χ1n) is 8.85. The first-order valence-corrected chi connectivity index (χ1v) is 8.85. The van der Waals surface area contributed by atoms with Gasteiger partial charge in [-0.05, 0) is 32.1 Å². The van der Waals surface area contributed by atoms with Gasteiger partial charge in [0.2, 0.25) is 0 Å². The minimum Gasteiger partial charge on any atom is -0.370 e. The zero-order chi connectivity index (χ0) is 14.8. The van der Waals surface area contributed by atoms with E-state index in [0.29, 0.717) is 12.1 Å². The summed E-state index contributed by atoms with van der Waals surface area (Å²) in [5, 5.41) is 7.14. The molecule has 2 N–H and O–H groups in total. The smallest absolute Gasteiger partial charge is 0.0916 e. The Labute approximate surface area is 126 Å². The van der Waals surface area contributed by atoms with E-state index >= 15 is 0 Å². The van der Waals surface area contributed by atoms with Gasteiger partial charge in [-0.2, -0.15) is 0 Å². The molecule has 0 saturated heterocycles. The average molecular weight is 280 g/mol. The molecular formula is C18H36N2. The summed E-state index contributed by atoms with van der Waals surface area (Å²) in [6, 6.07) is 1.16. The molecule has 2 nitrogen and oxygen atoms in total. The summed E-state index contributed by atoms with van der Waals surface area (Å²) >= 11 is 0. The van der Waals surface area contributed by atoms with Gasteiger partial charge in [0.1, 0.15) is 0 Å². The highest BCUT2D eigenvalue weighted by Gasteiger charge is 2.16. The van der Waals surface area contributed by atoms with E-state index in [9.17, 15) is 0 Å². The van der Waals surface area contributed by atoms with Crippen LogP contribution in [0.3, 0.4) is 0 Å². The maximum absolute atomic E-state index is 4.16. The summed E-state index contributed by atoms with van der Waals surface area (Å²) in [6.45, 7) is 11.1. The number of hydrogen-bond donors (Lipinski definition) is 2. The maximum atomic E-state index is 4.16. The minimum absolute atomic E-state index is 0.514. The van der Waals surface area contributed by atoms with Gasteiger partial charge in [0, 0.05) is 12.1 Å². The number of hydrogen-bond acceptors (Lipinski definition) is 2. The van der Waals surface area contributed by atoms with E-state index in [4.69, 9.17) is 0 Å². The quantitative estimate of drug-likeness (QED) is 0.552. The van der Waals surface area contributed by atoms with Crippen LogP contribution in [0, 0.1) is 5.92 Å². The lowest BCUT2D eigenvalue weighted by molar-refractivity contribution is 0.353. The first kappa shape index (κ1) is 17.4. The molecule has 0 heterocycles. The molecule has 0 spiro atoms. The highest BCUT2D eigenvalue weighted by atomic mass is 15.1. The summed E-state index contributed by atoms with van der Waals surface area (Å²) in [5.74, 6) is 1.75. The summed E-state index contributed by atoms with van der Waals surface area (Å²) in [4.78, 5) is 0. The zero-order valence-corrected chi connectivity index (χ0v) is 14.0. The lowest BCUT2D eigenvalue weighted by Crippen LogP contribution is -2.41. The van der Waals surface area contributed by atoms with Crippen LogP contribution in [0.5, 0.6) is 0 Å². The first-order chi connectivity index (χ1) is 9.63. The predicted octanol–water partition coefficient (Wildman–Crippen LogP) is 4.96. The van der Waals surface area contributed by atoms with E-state index in [0.717, 1.165) is 11.7 Å². The molecule has 2 heteroatoms. The molecular weight excluding hydrogens is 244 g/mol. The van der Waals surface area contributed by atoms with Gasteiger partial charge in [0.15, 0.2) is 0 Å². The van der Waals surface area contributed by atoms with E-state index < -0.39 is 0 Å². The van der Waals surface area contributed by atoms with Crippen molar-refractivity contribution in [3.63, 3.8) is 0 Å². The van der Waals surface area contributed by atoms with Gasteiger partial charge in [-0.15, -0.1) is 0 Å². The van der Waals surface area contributed by atoms with Crippen molar-refractivity contribution in [2.75, 3.05) is 0 Å². The molecule has 20 heavy (non-hydrogen) atoms. The fourth-order valence-corrected chi connectivity index (χ4v) is 3.10.